The zero-order chi connectivity index (χ0) is 21.6. The lowest BCUT2D eigenvalue weighted by molar-refractivity contribution is -0.116. The van der Waals surface area contributed by atoms with Crippen LogP contribution in [0.1, 0.15) is 28.0 Å². The molecule has 8 heteroatoms. The Kier molecular flexibility index (Phi) is 6.16. The van der Waals surface area contributed by atoms with Crippen molar-refractivity contribution in [2.45, 2.75) is 19.3 Å². The first kappa shape index (κ1) is 20.5. The van der Waals surface area contributed by atoms with Gasteiger partial charge in [0, 0.05) is 26.1 Å². The van der Waals surface area contributed by atoms with Gasteiger partial charge < -0.3 is 20.1 Å². The van der Waals surface area contributed by atoms with Crippen LogP contribution in [-0.4, -0.2) is 34.9 Å². The van der Waals surface area contributed by atoms with Gasteiger partial charge >= 0.3 is 0 Å². The van der Waals surface area contributed by atoms with Crippen LogP contribution in [-0.2, 0) is 24.7 Å². The summed E-state index contributed by atoms with van der Waals surface area (Å²) in [6.45, 7) is 0.689. The molecule has 0 saturated carbocycles. The second-order valence-electron chi connectivity index (χ2n) is 7.27. The average Bonchev–Trinajstić information content (AvgIpc) is 3.39. The number of anilines is 1. The SMILES string of the molecule is Cn1nc(C(=O)NCCc2ccc3c(c2)OCO3)cc1NC(=O)CCc1ccccc1. The molecular weight excluding hydrogens is 396 g/mol. The van der Waals surface area contributed by atoms with E-state index < -0.39 is 0 Å². The first-order chi connectivity index (χ1) is 15.1. The molecule has 0 spiro atoms. The molecular formula is C23H24N4O4. The highest BCUT2D eigenvalue weighted by Crippen LogP contribution is 2.32. The molecule has 0 saturated heterocycles. The molecule has 0 aliphatic carbocycles. The van der Waals surface area contributed by atoms with E-state index in [4.69, 9.17) is 9.47 Å². The zero-order valence-electron chi connectivity index (χ0n) is 17.3. The van der Waals surface area contributed by atoms with Gasteiger partial charge in [0.05, 0.1) is 0 Å². The summed E-state index contributed by atoms with van der Waals surface area (Å²) in [6, 6.07) is 17.1. The number of fused-ring (bicyclic) bond motifs is 1. The minimum atomic E-state index is -0.291. The molecule has 8 nitrogen and oxygen atoms in total. The maximum atomic E-state index is 12.4. The Bertz CT molecular complexity index is 1080. The van der Waals surface area contributed by atoms with Crippen molar-refractivity contribution in [1.29, 1.82) is 0 Å². The van der Waals surface area contributed by atoms with Gasteiger partial charge in [-0.05, 0) is 36.1 Å². The van der Waals surface area contributed by atoms with Crippen LogP contribution in [0.5, 0.6) is 11.5 Å². The number of rotatable bonds is 8. The molecule has 0 atom stereocenters. The Hall–Kier alpha value is -3.81. The molecule has 0 bridgehead atoms. The number of ether oxygens (including phenoxy) is 2. The summed E-state index contributed by atoms with van der Waals surface area (Å²) in [5, 5.41) is 9.88. The minimum absolute atomic E-state index is 0.124. The summed E-state index contributed by atoms with van der Waals surface area (Å²) in [5.74, 6) is 1.53. The predicted octanol–water partition coefficient (Wildman–Crippen LogP) is 2.69. The maximum absolute atomic E-state index is 12.4. The smallest absolute Gasteiger partial charge is 0.271 e. The zero-order valence-corrected chi connectivity index (χ0v) is 17.3. The third-order valence-electron chi connectivity index (χ3n) is 5.00. The van der Waals surface area contributed by atoms with Crippen molar-refractivity contribution in [3.63, 3.8) is 0 Å². The number of aromatic nitrogens is 2. The van der Waals surface area contributed by atoms with Crippen LogP contribution in [0.2, 0.25) is 0 Å². The molecule has 2 amide bonds. The summed E-state index contributed by atoms with van der Waals surface area (Å²) in [7, 11) is 1.69. The predicted molar refractivity (Wildman–Crippen MR) is 115 cm³/mol. The van der Waals surface area contributed by atoms with E-state index in [-0.39, 0.29) is 24.3 Å². The number of nitrogens with zero attached hydrogens (tertiary/aromatic N) is 2. The van der Waals surface area contributed by atoms with Gasteiger partial charge in [-0.1, -0.05) is 36.4 Å². The summed E-state index contributed by atoms with van der Waals surface area (Å²) >= 11 is 0. The lowest BCUT2D eigenvalue weighted by atomic mass is 10.1. The molecule has 160 valence electrons. The van der Waals surface area contributed by atoms with E-state index in [9.17, 15) is 9.59 Å². The summed E-state index contributed by atoms with van der Waals surface area (Å²) in [4.78, 5) is 24.7. The first-order valence-electron chi connectivity index (χ1n) is 10.1. The van der Waals surface area contributed by atoms with Crippen molar-refractivity contribution in [1.82, 2.24) is 15.1 Å². The van der Waals surface area contributed by atoms with Gasteiger partial charge in [-0.25, -0.2) is 0 Å². The molecule has 3 aromatic rings. The number of hydrogen-bond acceptors (Lipinski definition) is 5. The minimum Gasteiger partial charge on any atom is -0.454 e. The standard InChI is InChI=1S/C23H24N4O4/c1-27-21(25-22(28)10-8-16-5-3-2-4-6-16)14-18(26-27)23(29)24-12-11-17-7-9-19-20(13-17)31-15-30-19/h2-7,9,13-14H,8,10-12,15H2,1H3,(H,24,29)(H,25,28). The highest BCUT2D eigenvalue weighted by atomic mass is 16.7. The Morgan fingerprint density at radius 2 is 1.81 bits per heavy atom. The lowest BCUT2D eigenvalue weighted by Crippen LogP contribution is -2.26. The van der Waals surface area contributed by atoms with Gasteiger partial charge in [-0.3, -0.25) is 14.3 Å². The van der Waals surface area contributed by atoms with Gasteiger partial charge in [-0.15, -0.1) is 0 Å². The quantitative estimate of drug-likeness (QED) is 0.584. The van der Waals surface area contributed by atoms with Crippen LogP contribution >= 0.6 is 0 Å². The number of aryl methyl sites for hydroxylation is 2. The molecule has 0 unspecified atom stereocenters. The van der Waals surface area contributed by atoms with Crippen molar-refractivity contribution in [3.8, 4) is 11.5 Å². The van der Waals surface area contributed by atoms with Crippen LogP contribution < -0.4 is 20.1 Å². The summed E-state index contributed by atoms with van der Waals surface area (Å²) < 4.78 is 12.2. The Balaban J connectivity index is 1.26. The average molecular weight is 420 g/mol. The van der Waals surface area contributed by atoms with E-state index in [1.165, 1.54) is 4.68 Å². The van der Waals surface area contributed by atoms with Gasteiger partial charge in [0.1, 0.15) is 5.82 Å². The van der Waals surface area contributed by atoms with E-state index in [1.807, 2.05) is 48.5 Å². The molecule has 2 heterocycles. The van der Waals surface area contributed by atoms with Crippen molar-refractivity contribution in [3.05, 3.63) is 71.4 Å². The number of nitrogens with one attached hydrogen (secondary N) is 2. The van der Waals surface area contributed by atoms with Gasteiger partial charge in [0.2, 0.25) is 12.7 Å². The second kappa shape index (κ2) is 9.34. The topological polar surface area (TPSA) is 94.5 Å². The van der Waals surface area contributed by atoms with E-state index >= 15 is 0 Å². The van der Waals surface area contributed by atoms with E-state index in [1.54, 1.807) is 13.1 Å². The summed E-state index contributed by atoms with van der Waals surface area (Å²) in [5.41, 5.74) is 2.40. The lowest BCUT2D eigenvalue weighted by Gasteiger charge is -2.05. The van der Waals surface area contributed by atoms with E-state index in [0.717, 1.165) is 22.6 Å². The third kappa shape index (κ3) is 5.22. The van der Waals surface area contributed by atoms with Crippen LogP contribution in [0.4, 0.5) is 5.82 Å². The number of carbonyl (C=O) groups is 2. The first-order valence-corrected chi connectivity index (χ1v) is 10.1. The van der Waals surface area contributed by atoms with Gasteiger partial charge in [-0.2, -0.15) is 5.10 Å². The van der Waals surface area contributed by atoms with Gasteiger partial charge in [0.15, 0.2) is 17.2 Å². The van der Waals surface area contributed by atoms with Crippen LogP contribution in [0.15, 0.2) is 54.6 Å². The third-order valence-corrected chi connectivity index (χ3v) is 5.00. The number of hydrogen-bond donors (Lipinski definition) is 2. The molecule has 4 rings (SSSR count). The molecule has 2 aromatic carbocycles. The van der Waals surface area contributed by atoms with Crippen molar-refractivity contribution in [2.75, 3.05) is 18.7 Å². The normalized spacial score (nSPS) is 11.9. The Morgan fingerprint density at radius 1 is 1.00 bits per heavy atom. The monoisotopic (exact) mass is 420 g/mol. The van der Waals surface area contributed by atoms with Crippen molar-refractivity contribution >= 4 is 17.6 Å². The molecule has 0 radical (unpaired) electrons. The Labute approximate surface area is 180 Å². The number of carbonyl (C=O) groups excluding carboxylic acids is 2. The highest BCUT2D eigenvalue weighted by Gasteiger charge is 2.15. The largest absolute Gasteiger partial charge is 0.454 e. The molecule has 1 aliphatic heterocycles. The fourth-order valence-corrected chi connectivity index (χ4v) is 3.31. The van der Waals surface area contributed by atoms with Crippen molar-refractivity contribution in [2.24, 2.45) is 7.05 Å². The fraction of sp³-hybridized carbons (Fsp3) is 0.261. The molecule has 2 N–H and O–H groups in total. The molecule has 0 fully saturated rings. The van der Waals surface area contributed by atoms with Crippen molar-refractivity contribution < 1.29 is 19.1 Å². The molecule has 31 heavy (non-hydrogen) atoms. The number of amides is 2. The fourth-order valence-electron chi connectivity index (χ4n) is 3.31. The van der Waals surface area contributed by atoms with E-state index in [2.05, 4.69) is 15.7 Å². The van der Waals surface area contributed by atoms with Gasteiger partial charge in [0.25, 0.3) is 5.91 Å². The van der Waals surface area contributed by atoms with Crippen LogP contribution in [0.25, 0.3) is 0 Å². The Morgan fingerprint density at radius 3 is 2.65 bits per heavy atom. The molecule has 1 aromatic heterocycles. The number of benzene rings is 2. The highest BCUT2D eigenvalue weighted by molar-refractivity contribution is 5.95. The van der Waals surface area contributed by atoms with Crippen LogP contribution in [0, 0.1) is 0 Å². The van der Waals surface area contributed by atoms with Crippen LogP contribution in [0.3, 0.4) is 0 Å². The molecule has 1 aliphatic rings. The second-order valence-corrected chi connectivity index (χ2v) is 7.27. The maximum Gasteiger partial charge on any atom is 0.271 e. The van der Waals surface area contributed by atoms with E-state index in [0.29, 0.717) is 31.6 Å². The summed E-state index contributed by atoms with van der Waals surface area (Å²) in [6.07, 6.45) is 1.66.